The summed E-state index contributed by atoms with van der Waals surface area (Å²) in [4.78, 5) is 24.4. The molecule has 20 heavy (non-hydrogen) atoms. The van der Waals surface area contributed by atoms with Gasteiger partial charge in [-0.1, -0.05) is 6.07 Å². The van der Waals surface area contributed by atoms with E-state index in [4.69, 9.17) is 5.11 Å². The van der Waals surface area contributed by atoms with Crippen LogP contribution in [-0.4, -0.2) is 45.8 Å². The Bertz CT molecular complexity index is 524. The zero-order valence-electron chi connectivity index (χ0n) is 11.5. The van der Waals surface area contributed by atoms with E-state index in [2.05, 4.69) is 5.32 Å². The number of aliphatic hydroxyl groups is 1. The van der Waals surface area contributed by atoms with Gasteiger partial charge in [0.1, 0.15) is 6.04 Å². The van der Waals surface area contributed by atoms with Crippen molar-refractivity contribution in [3.63, 3.8) is 0 Å². The number of aryl methyl sites for hydroxylation is 2. The van der Waals surface area contributed by atoms with Crippen LogP contribution in [0.2, 0.25) is 0 Å². The van der Waals surface area contributed by atoms with E-state index in [1.54, 1.807) is 0 Å². The molecule has 0 aliphatic carbocycles. The number of hydrogen-bond donors (Lipinski definition) is 3. The van der Waals surface area contributed by atoms with Crippen molar-refractivity contribution >= 4 is 17.7 Å². The average molecular weight is 278 g/mol. The lowest BCUT2D eigenvalue weighted by atomic mass is 10.1. The fraction of sp³-hybridized carbons (Fsp3) is 0.429. The summed E-state index contributed by atoms with van der Waals surface area (Å²) in [5.41, 5.74) is 2.64. The van der Waals surface area contributed by atoms with Gasteiger partial charge in [-0.15, -0.1) is 0 Å². The number of hydrogen-bond acceptors (Lipinski definition) is 3. The minimum absolute atomic E-state index is 0.0353. The third-order valence-corrected chi connectivity index (χ3v) is 3.30. The van der Waals surface area contributed by atoms with Crippen molar-refractivity contribution in [1.29, 1.82) is 0 Å². The molecule has 6 nitrogen and oxygen atoms in total. The van der Waals surface area contributed by atoms with Crippen LogP contribution in [0.5, 0.6) is 0 Å². The van der Waals surface area contributed by atoms with Gasteiger partial charge in [0.15, 0.2) is 0 Å². The van der Waals surface area contributed by atoms with E-state index in [1.165, 1.54) is 0 Å². The third kappa shape index (κ3) is 3.08. The zero-order valence-corrected chi connectivity index (χ0v) is 11.5. The molecule has 2 rings (SSSR count). The van der Waals surface area contributed by atoms with Crippen LogP contribution >= 0.6 is 0 Å². The van der Waals surface area contributed by atoms with Gasteiger partial charge in [0.25, 0.3) is 0 Å². The first-order valence-corrected chi connectivity index (χ1v) is 6.43. The second-order valence-electron chi connectivity index (χ2n) is 5.20. The molecule has 0 aromatic heterocycles. The normalized spacial score (nSPS) is 21.9. The average Bonchev–Trinajstić information content (AvgIpc) is 2.70. The lowest BCUT2D eigenvalue weighted by Crippen LogP contribution is -2.43. The summed E-state index contributed by atoms with van der Waals surface area (Å²) >= 11 is 0. The number of aliphatic carboxylic acids is 1. The van der Waals surface area contributed by atoms with Crippen molar-refractivity contribution in [3.05, 3.63) is 29.3 Å². The molecule has 1 saturated heterocycles. The maximum Gasteiger partial charge on any atom is 0.326 e. The van der Waals surface area contributed by atoms with Crippen LogP contribution in [0.15, 0.2) is 18.2 Å². The van der Waals surface area contributed by atoms with Crippen molar-refractivity contribution < 1.29 is 19.8 Å². The lowest BCUT2D eigenvalue weighted by molar-refractivity contribution is -0.141. The van der Waals surface area contributed by atoms with E-state index in [-0.39, 0.29) is 13.0 Å². The number of nitrogens with zero attached hydrogens (tertiary/aromatic N) is 1. The Hall–Kier alpha value is -2.08. The quantitative estimate of drug-likeness (QED) is 0.762. The molecule has 0 spiro atoms. The molecule has 0 unspecified atom stereocenters. The predicted octanol–water partition coefficient (Wildman–Crippen LogP) is 1.36. The summed E-state index contributed by atoms with van der Waals surface area (Å²) in [6.07, 6.45) is -0.726. The SMILES string of the molecule is Cc1cc(C)cc(NC(=O)N2C[C@H](O)C[C@@H]2C(=O)O)c1. The van der Waals surface area contributed by atoms with Gasteiger partial charge in [-0.05, 0) is 37.1 Å². The highest BCUT2D eigenvalue weighted by Gasteiger charge is 2.38. The Morgan fingerprint density at radius 2 is 1.85 bits per heavy atom. The Morgan fingerprint density at radius 3 is 2.40 bits per heavy atom. The Labute approximate surface area is 117 Å². The van der Waals surface area contributed by atoms with Crippen LogP contribution in [0.1, 0.15) is 17.5 Å². The number of β-amino-alcohol motifs (C(OH)–C–C–N with tert-alkyl or cyclic N) is 1. The second-order valence-corrected chi connectivity index (χ2v) is 5.20. The van der Waals surface area contributed by atoms with Crippen LogP contribution in [0.4, 0.5) is 10.5 Å². The summed E-state index contributed by atoms with van der Waals surface area (Å²) in [6, 6.07) is 4.13. The Balaban J connectivity index is 2.13. The summed E-state index contributed by atoms with van der Waals surface area (Å²) in [6.45, 7) is 3.87. The molecule has 1 aliphatic rings. The topological polar surface area (TPSA) is 89.9 Å². The van der Waals surface area contributed by atoms with Gasteiger partial charge in [0.2, 0.25) is 0 Å². The number of urea groups is 1. The van der Waals surface area contributed by atoms with E-state index in [0.29, 0.717) is 5.69 Å². The smallest absolute Gasteiger partial charge is 0.326 e. The van der Waals surface area contributed by atoms with Gasteiger partial charge in [-0.3, -0.25) is 0 Å². The maximum absolute atomic E-state index is 12.1. The van der Waals surface area contributed by atoms with Crippen LogP contribution < -0.4 is 5.32 Å². The first-order valence-electron chi connectivity index (χ1n) is 6.43. The predicted molar refractivity (Wildman–Crippen MR) is 73.7 cm³/mol. The highest BCUT2D eigenvalue weighted by molar-refractivity contribution is 5.93. The molecule has 3 N–H and O–H groups in total. The molecule has 1 heterocycles. The largest absolute Gasteiger partial charge is 0.480 e. The highest BCUT2D eigenvalue weighted by Crippen LogP contribution is 2.20. The number of likely N-dealkylation sites (tertiary alicyclic amines) is 1. The number of rotatable bonds is 2. The molecule has 6 heteroatoms. The number of carboxylic acid groups (broad SMARTS) is 1. The molecule has 0 bridgehead atoms. The van der Waals surface area contributed by atoms with Gasteiger partial charge in [0.05, 0.1) is 6.10 Å². The van der Waals surface area contributed by atoms with Crippen molar-refractivity contribution in [2.45, 2.75) is 32.4 Å². The lowest BCUT2D eigenvalue weighted by Gasteiger charge is -2.21. The van der Waals surface area contributed by atoms with Crippen molar-refractivity contribution in [1.82, 2.24) is 4.90 Å². The van der Waals surface area contributed by atoms with E-state index in [9.17, 15) is 14.7 Å². The van der Waals surface area contributed by atoms with E-state index >= 15 is 0 Å². The molecular formula is C14H18N2O4. The first-order chi connectivity index (χ1) is 9.36. The molecule has 1 aromatic carbocycles. The highest BCUT2D eigenvalue weighted by atomic mass is 16.4. The number of amides is 2. The van der Waals surface area contributed by atoms with Gasteiger partial charge in [-0.2, -0.15) is 0 Å². The van der Waals surface area contributed by atoms with Crippen molar-refractivity contribution in [2.24, 2.45) is 0 Å². The Morgan fingerprint density at radius 1 is 1.25 bits per heavy atom. The molecule has 2 atom stereocenters. The van der Waals surface area contributed by atoms with E-state index in [1.807, 2.05) is 32.0 Å². The van der Waals surface area contributed by atoms with Crippen LogP contribution in [0, 0.1) is 13.8 Å². The number of aliphatic hydroxyl groups excluding tert-OH is 1. The fourth-order valence-corrected chi connectivity index (χ4v) is 2.51. The Kier molecular flexibility index (Phi) is 3.94. The fourth-order valence-electron chi connectivity index (χ4n) is 2.51. The van der Waals surface area contributed by atoms with Gasteiger partial charge in [-0.25, -0.2) is 9.59 Å². The second kappa shape index (κ2) is 5.50. The van der Waals surface area contributed by atoms with Crippen LogP contribution in [0.25, 0.3) is 0 Å². The summed E-state index contributed by atoms with van der Waals surface area (Å²) in [7, 11) is 0. The standard InChI is InChI=1S/C14H18N2O4/c1-8-3-9(2)5-10(4-8)15-14(20)16-7-11(17)6-12(16)13(18)19/h3-5,11-12,17H,6-7H2,1-2H3,(H,15,20)(H,18,19)/t11-,12-/m1/s1. The summed E-state index contributed by atoms with van der Waals surface area (Å²) < 4.78 is 0. The molecule has 2 amide bonds. The van der Waals surface area contributed by atoms with E-state index < -0.39 is 24.1 Å². The molecule has 0 saturated carbocycles. The minimum atomic E-state index is -1.10. The molecule has 1 aliphatic heterocycles. The molecule has 108 valence electrons. The number of carbonyl (C=O) groups excluding carboxylic acids is 1. The monoisotopic (exact) mass is 278 g/mol. The summed E-state index contributed by atoms with van der Waals surface area (Å²) in [5.74, 6) is -1.10. The van der Waals surface area contributed by atoms with Gasteiger partial charge >= 0.3 is 12.0 Å². The number of carboxylic acids is 1. The van der Waals surface area contributed by atoms with Crippen molar-refractivity contribution in [2.75, 3.05) is 11.9 Å². The molecular weight excluding hydrogens is 260 g/mol. The van der Waals surface area contributed by atoms with Crippen LogP contribution in [-0.2, 0) is 4.79 Å². The number of benzene rings is 1. The van der Waals surface area contributed by atoms with Crippen LogP contribution in [0.3, 0.4) is 0 Å². The minimum Gasteiger partial charge on any atom is -0.480 e. The number of carbonyl (C=O) groups is 2. The molecule has 0 radical (unpaired) electrons. The third-order valence-electron chi connectivity index (χ3n) is 3.30. The molecule has 1 aromatic rings. The zero-order chi connectivity index (χ0) is 14.9. The summed E-state index contributed by atoms with van der Waals surface area (Å²) in [5, 5.41) is 21.3. The van der Waals surface area contributed by atoms with Gasteiger partial charge < -0.3 is 20.4 Å². The van der Waals surface area contributed by atoms with Gasteiger partial charge in [0, 0.05) is 18.7 Å². The van der Waals surface area contributed by atoms with E-state index in [0.717, 1.165) is 16.0 Å². The number of nitrogens with one attached hydrogen (secondary N) is 1. The molecule has 1 fully saturated rings. The first kappa shape index (κ1) is 14.3. The number of anilines is 1. The maximum atomic E-state index is 12.1. The van der Waals surface area contributed by atoms with Crippen molar-refractivity contribution in [3.8, 4) is 0 Å².